The van der Waals surface area contributed by atoms with Gasteiger partial charge in [-0.25, -0.2) is 0 Å². The highest BCUT2D eigenvalue weighted by atomic mass is 35.5. The summed E-state index contributed by atoms with van der Waals surface area (Å²) < 4.78 is 0. The van der Waals surface area contributed by atoms with Crippen molar-refractivity contribution < 1.29 is 87.9 Å². The number of aliphatic hydroxyl groups excluding tert-OH is 1. The third kappa shape index (κ3) is 28.4. The monoisotopic (exact) mass is 1490 g/mol. The van der Waals surface area contributed by atoms with Gasteiger partial charge in [-0.2, -0.15) is 0 Å². The molecule has 0 spiro atoms. The summed E-state index contributed by atoms with van der Waals surface area (Å²) in [6.07, 6.45) is -4.93. The Labute approximate surface area is 615 Å². The number of nitrogens with two attached hydrogens (primary N) is 1. The summed E-state index contributed by atoms with van der Waals surface area (Å²) in [6, 6.07) is 9.54. The van der Waals surface area contributed by atoms with Crippen molar-refractivity contribution in [1.29, 1.82) is 0 Å². The minimum absolute atomic E-state index is 0.0105. The van der Waals surface area contributed by atoms with Crippen LogP contribution in [0.1, 0.15) is 163 Å². The van der Waals surface area contributed by atoms with Gasteiger partial charge in [0.15, 0.2) is 28.9 Å². The molecule has 3 aromatic rings. The number of aliphatic hydroxyl groups is 1. The molecule has 2 saturated heterocycles. The van der Waals surface area contributed by atoms with E-state index in [2.05, 4.69) is 26.6 Å². The lowest BCUT2D eigenvalue weighted by Crippen LogP contribution is -2.54. The lowest BCUT2D eigenvalue weighted by molar-refractivity contribution is -0.142. The maximum atomic E-state index is 15.4. The number of Topliss-reactive ketones (excluding diaryl/α,β-unsaturated/α-hetero) is 6. The highest BCUT2D eigenvalue weighted by molar-refractivity contribution is 8.76. The molecule has 25 nitrogen and oxygen atoms in total. The molecule has 2 aliphatic rings. The normalized spacial score (nSPS) is 21.0. The Balaban J connectivity index is 1.61. The van der Waals surface area contributed by atoms with Crippen LogP contribution < -0.4 is 32.3 Å². The smallest absolute Gasteiger partial charge is 0.303 e. The summed E-state index contributed by atoms with van der Waals surface area (Å²) in [6.45, 7) is 16.6. The highest BCUT2D eigenvalue weighted by Crippen LogP contribution is 2.33. The van der Waals surface area contributed by atoms with Gasteiger partial charge in [-0.15, -0.1) is 0 Å². The zero-order chi connectivity index (χ0) is 76.8. The Morgan fingerprint density at radius 1 is 0.718 bits per heavy atom. The summed E-state index contributed by atoms with van der Waals surface area (Å²) in [5, 5.41) is 66.1. The molecule has 2 unspecified atom stereocenters. The van der Waals surface area contributed by atoms with Crippen LogP contribution in [0.15, 0.2) is 66.7 Å². The Morgan fingerprint density at radius 2 is 1.31 bits per heavy atom. The van der Waals surface area contributed by atoms with E-state index < -0.39 is 198 Å². The van der Waals surface area contributed by atoms with E-state index in [4.69, 9.17) is 17.3 Å². The second kappa shape index (κ2) is 40.0. The first-order valence-electron chi connectivity index (χ1n) is 35.1. The third-order valence-corrected chi connectivity index (χ3v) is 21.2. The van der Waals surface area contributed by atoms with Crippen LogP contribution in [0.3, 0.4) is 0 Å². The van der Waals surface area contributed by atoms with E-state index >= 15 is 14.4 Å². The van der Waals surface area contributed by atoms with Crippen LogP contribution in [0, 0.1) is 46.8 Å². The van der Waals surface area contributed by atoms with Crippen LogP contribution in [0.2, 0.25) is 5.02 Å². The molecule has 28 heteroatoms. The number of carbonyl (C=O) groups is 13. The van der Waals surface area contributed by atoms with Gasteiger partial charge in [-0.05, 0) is 124 Å². The van der Waals surface area contributed by atoms with E-state index in [1.54, 1.807) is 58.9 Å². The van der Waals surface area contributed by atoms with Crippen molar-refractivity contribution in [3.8, 4) is 17.2 Å². The number of nitrogens with zero attached hydrogens (tertiary/aromatic N) is 1. The zero-order valence-electron chi connectivity index (χ0n) is 60.6. The summed E-state index contributed by atoms with van der Waals surface area (Å²) >= 11 is 6.29. The fraction of sp³-hybridized carbons (Fsp3) is 0.587. The van der Waals surface area contributed by atoms with Gasteiger partial charge < -0.3 is 62.8 Å². The number of carboxylic acid groups (broad SMARTS) is 1. The Morgan fingerprint density at radius 3 is 1.88 bits per heavy atom. The summed E-state index contributed by atoms with van der Waals surface area (Å²) in [4.78, 5) is 187. The molecule has 12 atom stereocenters. The average molecular weight is 1490 g/mol. The molecular weight excluding hydrogens is 1390 g/mol. The molecule has 103 heavy (non-hydrogen) atoms. The fourth-order valence-electron chi connectivity index (χ4n) is 12.8. The molecule has 6 amide bonds. The standard InChI is InChI=1S/C75H104ClN7O18S2/c1-11-42(4)67(64(92)32-46(17-24-65(77)93)68(96)74(5,6)7)81-72(100)50(27-43-12-19-51(84)20-13-43)34-62(90)57-39-102-103-40-58(80-70(98)47(18-25-66(94)95)33-61(89)56(82-75(8,9)10)30-44-14-21-52(85)22-15-44)73(101)83-38-54(87)36-59(83)63(91)35-49(28-45-16-23-60(88)55(76)29-45)69(97)78-37-53(86)31-48(26-41(2)3)71(99)79-57/h12-16,19-23,29,41-42,46-50,54,56-59,67,82,84-85,87-88H,11,17-18,24-28,30-40H2,1-10H3,(H2,77,93)(H,78,97)(H,79,99)(H,80,98)(H,81,100)(H,94,95)/t42?,46-,47+,48-,49-,50-,54-,56+,57+,58+,59?,67+/m1/s1. The first kappa shape index (κ1) is 85.9. The van der Waals surface area contributed by atoms with Gasteiger partial charge in [-0.1, -0.05) is 118 Å². The van der Waals surface area contributed by atoms with Gasteiger partial charge in [0, 0.05) is 110 Å². The number of primary amides is 1. The van der Waals surface area contributed by atoms with Gasteiger partial charge in [0.05, 0.1) is 41.8 Å². The largest absolute Gasteiger partial charge is 0.508 e. The van der Waals surface area contributed by atoms with Crippen LogP contribution in [0.25, 0.3) is 0 Å². The SMILES string of the molecule is CCC(C)[C@H](NC(=O)[C@@H](CC(=O)[C@@H]1CSSC[C@H](NC(=O)[C@@H](CCC(=O)O)CC(=O)[C@H](Cc2ccc(O)cc2)NC(C)(C)C)C(=O)N2C[C@H](O)CC2C(=O)C[C@@H](Cc2ccc(O)c(Cl)c2)C(=O)NCC(=O)C[C@@H](CC(C)C)C(=O)N1)Cc1ccc(O)cc1)C(=O)C[C@@H](CCC(N)=O)C(=O)C(C)(C)C. The Hall–Kier alpha value is -7.72. The number of carboxylic acids is 1. The zero-order valence-corrected chi connectivity index (χ0v) is 62.9. The van der Waals surface area contributed by atoms with E-state index in [-0.39, 0.29) is 103 Å². The van der Waals surface area contributed by atoms with Gasteiger partial charge in [0.25, 0.3) is 0 Å². The number of phenolic OH excluding ortho intramolecular Hbond substituents is 3. The number of amides is 6. The number of aromatic hydroxyl groups is 3. The second-order valence-corrected chi connectivity index (χ2v) is 32.9. The predicted octanol–water partition coefficient (Wildman–Crippen LogP) is 6.88. The number of fused-ring (bicyclic) bond motifs is 1. The maximum Gasteiger partial charge on any atom is 0.303 e. The quantitative estimate of drug-likeness (QED) is 0.0292. The molecule has 566 valence electrons. The van der Waals surface area contributed by atoms with Crippen molar-refractivity contribution in [2.75, 3.05) is 24.6 Å². The molecule has 5 rings (SSSR count). The van der Waals surface area contributed by atoms with Crippen molar-refractivity contribution in [2.24, 2.45) is 52.6 Å². The number of halogens is 1. The van der Waals surface area contributed by atoms with Crippen LogP contribution in [0.5, 0.6) is 17.2 Å². The molecule has 0 bridgehead atoms. The summed E-state index contributed by atoms with van der Waals surface area (Å²) in [5.74, 6) is -17.1. The molecular formula is C75H104ClN7O18S2. The molecule has 0 aromatic heterocycles. The second-order valence-electron chi connectivity index (χ2n) is 29.9. The van der Waals surface area contributed by atoms with Crippen molar-refractivity contribution in [3.05, 3.63) is 88.4 Å². The van der Waals surface area contributed by atoms with E-state index in [9.17, 15) is 73.5 Å². The fourth-order valence-corrected chi connectivity index (χ4v) is 15.3. The number of ketones is 6. The predicted molar refractivity (Wildman–Crippen MR) is 391 cm³/mol. The number of hydrogen-bond donors (Lipinski definition) is 11. The van der Waals surface area contributed by atoms with Gasteiger partial charge in [-0.3, -0.25) is 62.3 Å². The first-order valence-corrected chi connectivity index (χ1v) is 38.0. The number of rotatable bonds is 31. The van der Waals surface area contributed by atoms with Crippen LogP contribution in [-0.4, -0.2) is 173 Å². The van der Waals surface area contributed by atoms with Crippen molar-refractivity contribution in [3.63, 3.8) is 0 Å². The minimum atomic E-state index is -1.62. The highest BCUT2D eigenvalue weighted by Gasteiger charge is 2.44. The topological polar surface area (TPSA) is 412 Å². The molecule has 12 N–H and O–H groups in total. The molecule has 2 fully saturated rings. The Kier molecular flexibility index (Phi) is 33.3. The number of aliphatic carboxylic acids is 1. The minimum Gasteiger partial charge on any atom is -0.508 e. The molecule has 0 aliphatic carbocycles. The van der Waals surface area contributed by atoms with E-state index in [1.165, 1.54) is 42.5 Å². The van der Waals surface area contributed by atoms with Crippen LogP contribution in [0.4, 0.5) is 0 Å². The van der Waals surface area contributed by atoms with Gasteiger partial charge >= 0.3 is 5.97 Å². The number of nitrogens with one attached hydrogen (secondary N) is 5. The first-order chi connectivity index (χ1) is 48.2. The van der Waals surface area contributed by atoms with Crippen molar-refractivity contribution in [1.82, 2.24) is 31.5 Å². The van der Waals surface area contributed by atoms with Gasteiger partial charge in [0.1, 0.15) is 29.1 Å². The van der Waals surface area contributed by atoms with E-state index in [0.717, 1.165) is 26.5 Å². The molecule has 0 saturated carbocycles. The third-order valence-electron chi connectivity index (χ3n) is 18.5. The lowest BCUT2D eigenvalue weighted by Gasteiger charge is -2.31. The lowest BCUT2D eigenvalue weighted by atomic mass is 9.77. The van der Waals surface area contributed by atoms with Crippen molar-refractivity contribution in [2.45, 2.75) is 207 Å². The van der Waals surface area contributed by atoms with Crippen LogP contribution in [-0.2, 0) is 81.6 Å². The number of carbonyl (C=O) groups excluding carboxylic acids is 12. The Bertz CT molecular complexity index is 3510. The number of hydrogen-bond acceptors (Lipinski definition) is 20. The maximum absolute atomic E-state index is 15.4. The number of benzene rings is 3. The van der Waals surface area contributed by atoms with E-state index in [0.29, 0.717) is 23.1 Å². The van der Waals surface area contributed by atoms with E-state index in [1.807, 2.05) is 34.6 Å². The summed E-state index contributed by atoms with van der Waals surface area (Å²) in [7, 11) is 1.90. The molecule has 2 aliphatic heterocycles. The molecule has 0 radical (unpaired) electrons. The van der Waals surface area contributed by atoms with Gasteiger partial charge in [0.2, 0.25) is 35.4 Å². The number of phenols is 3. The van der Waals surface area contributed by atoms with Crippen molar-refractivity contribution >= 4 is 109 Å². The molecule has 3 aromatic carbocycles. The molecule has 2 heterocycles. The van der Waals surface area contributed by atoms with Crippen LogP contribution >= 0.6 is 33.2 Å². The average Bonchev–Trinajstić information content (AvgIpc) is 1.48. The summed E-state index contributed by atoms with van der Waals surface area (Å²) in [5.41, 5.74) is 5.46.